The summed E-state index contributed by atoms with van der Waals surface area (Å²) >= 11 is 0. The second-order valence-corrected chi connectivity index (χ2v) is 9.11. The molecule has 32 heavy (non-hydrogen) atoms. The Morgan fingerprint density at radius 2 is 2.00 bits per heavy atom. The van der Waals surface area contributed by atoms with E-state index >= 15 is 0 Å². The molecule has 3 aliphatic rings. The first kappa shape index (κ1) is 20.6. The third-order valence-corrected chi connectivity index (χ3v) is 6.95. The van der Waals surface area contributed by atoms with E-state index in [1.54, 1.807) is 23.2 Å². The van der Waals surface area contributed by atoms with Gasteiger partial charge in [0.25, 0.3) is 0 Å². The summed E-state index contributed by atoms with van der Waals surface area (Å²) in [6, 6.07) is 2.79. The van der Waals surface area contributed by atoms with Crippen LogP contribution in [0, 0.1) is 11.8 Å². The van der Waals surface area contributed by atoms with Crippen LogP contribution < -0.4 is 5.32 Å². The number of pyridine rings is 1. The maximum absolute atomic E-state index is 13.3. The number of hydrogen-bond acceptors (Lipinski definition) is 6. The van der Waals surface area contributed by atoms with Crippen molar-refractivity contribution < 1.29 is 24.3 Å². The number of Topliss-reactive ketones (excluding diaryl/α,β-unsaturated/α-hetero) is 1. The van der Waals surface area contributed by atoms with E-state index in [4.69, 9.17) is 0 Å². The number of ketones is 1. The monoisotopic (exact) mass is 439 g/mol. The Hall–Kier alpha value is -3.30. The third-order valence-electron chi connectivity index (χ3n) is 6.95. The van der Waals surface area contributed by atoms with E-state index in [9.17, 15) is 24.3 Å². The summed E-state index contributed by atoms with van der Waals surface area (Å²) in [6.45, 7) is 1.33. The van der Waals surface area contributed by atoms with Gasteiger partial charge in [0.05, 0.1) is 11.3 Å². The molecular weight excluding hydrogens is 414 g/mol. The van der Waals surface area contributed by atoms with Crippen LogP contribution in [0.3, 0.4) is 0 Å². The summed E-state index contributed by atoms with van der Waals surface area (Å²) in [4.78, 5) is 55.3. The number of likely N-dealkylation sites (tertiary alicyclic amines) is 1. The van der Waals surface area contributed by atoms with Gasteiger partial charge in [-0.1, -0.05) is 0 Å². The van der Waals surface area contributed by atoms with Crippen LogP contribution in [0.4, 0.5) is 0 Å². The van der Waals surface area contributed by atoms with Gasteiger partial charge in [0.1, 0.15) is 18.3 Å². The molecule has 2 saturated carbocycles. The highest BCUT2D eigenvalue weighted by atomic mass is 16.4. The standard InChI is InChI=1S/C22H25N5O5/c1-11(28)19-15-3-2-6-23-20(15)26(25-19)10-18(29)27-16-8-13(16)9-17(27)21(30)24-14-5-4-12(7-14)22(31)32/h2-3,6,12-14,16-17H,4-5,7-10H2,1H3,(H,24,30)(H,31,32)/t12-,13-,14-,16-,17+/m1/s1. The summed E-state index contributed by atoms with van der Waals surface area (Å²) < 4.78 is 1.44. The number of aromatic nitrogens is 3. The molecule has 10 nitrogen and oxygen atoms in total. The number of carboxylic acids is 1. The fourth-order valence-corrected chi connectivity index (χ4v) is 5.27. The first-order valence-electron chi connectivity index (χ1n) is 11.0. The minimum absolute atomic E-state index is 0.0515. The molecular formula is C22H25N5O5. The van der Waals surface area contributed by atoms with Crippen LogP contribution >= 0.6 is 0 Å². The number of piperidine rings is 1. The number of aliphatic carboxylic acids is 1. The summed E-state index contributed by atoms with van der Waals surface area (Å²) in [5.74, 6) is -1.57. The molecule has 0 unspecified atom stereocenters. The summed E-state index contributed by atoms with van der Waals surface area (Å²) in [7, 11) is 0. The lowest BCUT2D eigenvalue weighted by Gasteiger charge is -2.28. The molecule has 5 atom stereocenters. The average Bonchev–Trinajstić information content (AvgIpc) is 3.10. The molecule has 3 heterocycles. The van der Waals surface area contributed by atoms with Crippen LogP contribution in [0.25, 0.3) is 11.0 Å². The zero-order valence-corrected chi connectivity index (χ0v) is 17.7. The van der Waals surface area contributed by atoms with Crippen molar-refractivity contribution in [2.24, 2.45) is 11.8 Å². The topological polar surface area (TPSA) is 134 Å². The molecule has 2 N–H and O–H groups in total. The molecule has 0 bridgehead atoms. The van der Waals surface area contributed by atoms with Gasteiger partial charge >= 0.3 is 5.97 Å². The number of carboxylic acid groups (broad SMARTS) is 1. The van der Waals surface area contributed by atoms with E-state index < -0.39 is 17.9 Å². The van der Waals surface area contributed by atoms with Gasteiger partial charge in [0.15, 0.2) is 11.4 Å². The van der Waals surface area contributed by atoms with Crippen LogP contribution in [0.5, 0.6) is 0 Å². The van der Waals surface area contributed by atoms with E-state index in [1.807, 2.05) is 0 Å². The first-order valence-corrected chi connectivity index (χ1v) is 11.0. The van der Waals surface area contributed by atoms with Gasteiger partial charge in [-0.25, -0.2) is 9.67 Å². The molecule has 2 aromatic heterocycles. The predicted molar refractivity (Wildman–Crippen MR) is 112 cm³/mol. The van der Waals surface area contributed by atoms with E-state index in [2.05, 4.69) is 15.4 Å². The molecule has 5 rings (SSSR count). The number of carbonyl (C=O) groups excluding carboxylic acids is 3. The lowest BCUT2D eigenvalue weighted by atomic mass is 10.1. The Balaban J connectivity index is 1.31. The molecule has 2 aromatic rings. The van der Waals surface area contributed by atoms with E-state index in [0.717, 1.165) is 6.42 Å². The minimum atomic E-state index is -0.828. The molecule has 0 aromatic carbocycles. The number of amides is 2. The lowest BCUT2D eigenvalue weighted by Crippen LogP contribution is -2.50. The predicted octanol–water partition coefficient (Wildman–Crippen LogP) is 0.993. The number of fused-ring (bicyclic) bond motifs is 2. The fourth-order valence-electron chi connectivity index (χ4n) is 5.27. The van der Waals surface area contributed by atoms with E-state index in [1.165, 1.54) is 11.6 Å². The van der Waals surface area contributed by atoms with Crippen molar-refractivity contribution in [1.82, 2.24) is 25.0 Å². The maximum atomic E-state index is 13.3. The van der Waals surface area contributed by atoms with Crippen molar-refractivity contribution in [3.8, 4) is 0 Å². The van der Waals surface area contributed by atoms with Crippen LogP contribution in [-0.2, 0) is 20.9 Å². The first-order chi connectivity index (χ1) is 15.3. The Labute approximate surface area is 184 Å². The molecule has 168 valence electrons. The second kappa shape index (κ2) is 7.68. The van der Waals surface area contributed by atoms with Crippen molar-refractivity contribution in [2.75, 3.05) is 0 Å². The lowest BCUT2D eigenvalue weighted by molar-refractivity contribution is -0.141. The Bertz CT molecular complexity index is 1130. The van der Waals surface area contributed by atoms with Gasteiger partial charge in [0, 0.05) is 25.2 Å². The molecule has 1 saturated heterocycles. The van der Waals surface area contributed by atoms with Crippen molar-refractivity contribution in [1.29, 1.82) is 0 Å². The quantitative estimate of drug-likeness (QED) is 0.641. The number of carbonyl (C=O) groups is 4. The van der Waals surface area contributed by atoms with Crippen molar-refractivity contribution in [2.45, 2.75) is 63.7 Å². The van der Waals surface area contributed by atoms with Crippen molar-refractivity contribution in [3.63, 3.8) is 0 Å². The number of hydrogen-bond donors (Lipinski definition) is 2. The minimum Gasteiger partial charge on any atom is -0.481 e. The second-order valence-electron chi connectivity index (χ2n) is 9.11. The summed E-state index contributed by atoms with van der Waals surface area (Å²) in [6.07, 6.45) is 4.70. The van der Waals surface area contributed by atoms with Crippen molar-refractivity contribution >= 4 is 34.6 Å². The fraction of sp³-hybridized carbons (Fsp3) is 0.545. The number of rotatable bonds is 6. The third kappa shape index (κ3) is 3.53. The largest absolute Gasteiger partial charge is 0.481 e. The number of nitrogens with one attached hydrogen (secondary N) is 1. The SMILES string of the molecule is CC(=O)c1nn(CC(=O)N2[C@@H]3C[C@@H]3C[C@H]2C(=O)N[C@@H]2CC[C@@H](C(=O)O)C2)c2ncccc12. The highest BCUT2D eigenvalue weighted by Gasteiger charge is 2.56. The summed E-state index contributed by atoms with van der Waals surface area (Å²) in [5.41, 5.74) is 0.736. The zero-order chi connectivity index (χ0) is 22.6. The van der Waals surface area contributed by atoms with Gasteiger partial charge in [-0.15, -0.1) is 0 Å². The van der Waals surface area contributed by atoms with Gasteiger partial charge in [-0.2, -0.15) is 5.10 Å². The van der Waals surface area contributed by atoms with E-state index in [0.29, 0.717) is 42.6 Å². The van der Waals surface area contributed by atoms with Crippen molar-refractivity contribution in [3.05, 3.63) is 24.0 Å². The Kier molecular flexibility index (Phi) is 4.94. The van der Waals surface area contributed by atoms with Gasteiger partial charge in [-0.3, -0.25) is 19.2 Å². The van der Waals surface area contributed by atoms with Crippen LogP contribution in [0.1, 0.15) is 49.5 Å². The molecule has 0 radical (unpaired) electrons. The zero-order valence-electron chi connectivity index (χ0n) is 17.7. The number of nitrogens with zero attached hydrogens (tertiary/aromatic N) is 4. The average molecular weight is 439 g/mol. The molecule has 10 heteroatoms. The highest BCUT2D eigenvalue weighted by molar-refractivity contribution is 6.04. The molecule has 1 aliphatic heterocycles. The van der Waals surface area contributed by atoms with E-state index in [-0.39, 0.29) is 41.9 Å². The molecule has 2 amide bonds. The normalized spacial score (nSPS) is 28.5. The van der Waals surface area contributed by atoms with Crippen LogP contribution in [0.15, 0.2) is 18.3 Å². The molecule has 0 spiro atoms. The van der Waals surface area contributed by atoms with Gasteiger partial charge in [-0.05, 0) is 50.2 Å². The maximum Gasteiger partial charge on any atom is 0.306 e. The highest BCUT2D eigenvalue weighted by Crippen LogP contribution is 2.48. The van der Waals surface area contributed by atoms with Crippen LogP contribution in [-0.4, -0.2) is 66.5 Å². The van der Waals surface area contributed by atoms with Gasteiger partial charge in [0.2, 0.25) is 11.8 Å². The van der Waals surface area contributed by atoms with Crippen LogP contribution in [0.2, 0.25) is 0 Å². The van der Waals surface area contributed by atoms with Gasteiger partial charge < -0.3 is 15.3 Å². The molecule has 2 aliphatic carbocycles. The Morgan fingerprint density at radius 3 is 2.72 bits per heavy atom. The summed E-state index contributed by atoms with van der Waals surface area (Å²) in [5, 5.41) is 17.1. The smallest absolute Gasteiger partial charge is 0.306 e. The Morgan fingerprint density at radius 1 is 1.19 bits per heavy atom. The molecule has 3 fully saturated rings.